The average molecular weight is 324 g/mol. The Labute approximate surface area is 139 Å². The van der Waals surface area contributed by atoms with Crippen molar-refractivity contribution in [3.63, 3.8) is 0 Å². The third kappa shape index (κ3) is 2.73. The molecule has 1 N–H and O–H groups in total. The molecule has 6 nitrogen and oxygen atoms in total. The second kappa shape index (κ2) is 6.20. The largest absolute Gasteiger partial charge is 0.393 e. The molecule has 3 aromatic heterocycles. The zero-order valence-corrected chi connectivity index (χ0v) is 13.4. The van der Waals surface area contributed by atoms with E-state index in [2.05, 4.69) is 14.6 Å². The predicted molar refractivity (Wildman–Crippen MR) is 91.3 cm³/mol. The van der Waals surface area contributed by atoms with Gasteiger partial charge in [0.15, 0.2) is 5.82 Å². The lowest BCUT2D eigenvalue weighted by atomic mass is 10.1. The summed E-state index contributed by atoms with van der Waals surface area (Å²) in [5.41, 5.74) is -0.154. The molecule has 2 atom stereocenters. The maximum atomic E-state index is 12.8. The Balaban J connectivity index is 1.73. The van der Waals surface area contributed by atoms with Crippen LogP contribution in [-0.4, -0.2) is 30.5 Å². The van der Waals surface area contributed by atoms with Crippen molar-refractivity contribution in [2.75, 3.05) is 0 Å². The summed E-state index contributed by atoms with van der Waals surface area (Å²) >= 11 is 0. The van der Waals surface area contributed by atoms with Gasteiger partial charge in [-0.15, -0.1) is 0 Å². The molecule has 124 valence electrons. The van der Waals surface area contributed by atoms with Crippen molar-refractivity contribution in [2.45, 2.75) is 44.2 Å². The maximum Gasteiger partial charge on any atom is 0.282 e. The van der Waals surface area contributed by atoms with Gasteiger partial charge in [0.05, 0.1) is 17.7 Å². The van der Waals surface area contributed by atoms with Crippen molar-refractivity contribution in [1.82, 2.24) is 19.3 Å². The Morgan fingerprint density at radius 2 is 2.04 bits per heavy atom. The molecule has 0 aliphatic heterocycles. The van der Waals surface area contributed by atoms with Crippen LogP contribution >= 0.6 is 0 Å². The number of pyridine rings is 1. The number of hydrogen-bond donors (Lipinski definition) is 1. The topological polar surface area (TPSA) is 72.9 Å². The van der Waals surface area contributed by atoms with Gasteiger partial charge in [-0.05, 0) is 44.2 Å². The van der Waals surface area contributed by atoms with Crippen LogP contribution in [0.5, 0.6) is 0 Å². The van der Waals surface area contributed by atoms with Crippen LogP contribution in [0.25, 0.3) is 16.6 Å². The maximum absolute atomic E-state index is 12.8. The Hall–Kier alpha value is -2.47. The van der Waals surface area contributed by atoms with Crippen LogP contribution in [-0.2, 0) is 0 Å². The van der Waals surface area contributed by atoms with E-state index in [0.717, 1.165) is 37.5 Å². The Kier molecular flexibility index (Phi) is 3.90. The van der Waals surface area contributed by atoms with Crippen molar-refractivity contribution < 1.29 is 5.11 Å². The number of aliphatic hydroxyl groups excluding tert-OH is 1. The van der Waals surface area contributed by atoms with Crippen LogP contribution in [0.4, 0.5) is 0 Å². The van der Waals surface area contributed by atoms with Gasteiger partial charge in [-0.25, -0.2) is 4.98 Å². The highest BCUT2D eigenvalue weighted by Crippen LogP contribution is 2.29. The summed E-state index contributed by atoms with van der Waals surface area (Å²) < 4.78 is 3.46. The summed E-state index contributed by atoms with van der Waals surface area (Å²) in [5.74, 6) is 0.523. The Morgan fingerprint density at radius 3 is 2.88 bits per heavy atom. The van der Waals surface area contributed by atoms with Gasteiger partial charge in [-0.2, -0.15) is 9.78 Å². The van der Waals surface area contributed by atoms with Gasteiger partial charge in [0.2, 0.25) is 0 Å². The molecule has 1 fully saturated rings. The van der Waals surface area contributed by atoms with Gasteiger partial charge in [0.1, 0.15) is 0 Å². The third-order valence-electron chi connectivity index (χ3n) is 4.81. The number of fused-ring (bicyclic) bond motifs is 1. The molecule has 0 spiro atoms. The van der Waals surface area contributed by atoms with Crippen LogP contribution in [0.1, 0.15) is 38.1 Å². The number of aliphatic hydroxyl groups is 1. The van der Waals surface area contributed by atoms with Crippen LogP contribution in [0.2, 0.25) is 0 Å². The summed E-state index contributed by atoms with van der Waals surface area (Å²) in [4.78, 5) is 17.0. The second-order valence-electron chi connectivity index (χ2n) is 6.44. The first-order valence-electron chi connectivity index (χ1n) is 8.41. The quantitative estimate of drug-likeness (QED) is 0.735. The van der Waals surface area contributed by atoms with Crippen LogP contribution in [0.3, 0.4) is 0 Å². The first-order valence-corrected chi connectivity index (χ1v) is 8.41. The molecule has 6 heteroatoms. The van der Waals surface area contributed by atoms with Crippen molar-refractivity contribution in [1.29, 1.82) is 0 Å². The molecule has 0 amide bonds. The van der Waals surface area contributed by atoms with Crippen molar-refractivity contribution in [3.05, 3.63) is 53.3 Å². The SMILES string of the molecule is O=c1c2cn(C3CCCC(O)CC3)cc2cnn1-c1ccccn1. The molecule has 1 aliphatic rings. The van der Waals surface area contributed by atoms with Gasteiger partial charge in [0, 0.05) is 30.0 Å². The van der Waals surface area contributed by atoms with E-state index < -0.39 is 0 Å². The molecule has 0 saturated heterocycles. The Bertz CT molecular complexity index is 900. The summed E-state index contributed by atoms with van der Waals surface area (Å²) in [6, 6.07) is 5.74. The number of hydrogen-bond acceptors (Lipinski definition) is 4. The lowest BCUT2D eigenvalue weighted by molar-refractivity contribution is 0.156. The van der Waals surface area contributed by atoms with E-state index in [1.807, 2.05) is 24.5 Å². The molecule has 24 heavy (non-hydrogen) atoms. The molecule has 1 saturated carbocycles. The molecule has 1 aliphatic carbocycles. The van der Waals surface area contributed by atoms with Crippen LogP contribution in [0, 0.1) is 0 Å². The van der Waals surface area contributed by atoms with Gasteiger partial charge in [0.25, 0.3) is 5.56 Å². The minimum absolute atomic E-state index is 0.154. The lowest BCUT2D eigenvalue weighted by Crippen LogP contribution is -2.21. The van der Waals surface area contributed by atoms with E-state index >= 15 is 0 Å². The standard InChI is InChI=1S/C18H20N4O2/c23-15-5-3-4-14(7-8-15)21-11-13-10-20-22(18(24)16(13)12-21)17-6-1-2-9-19-17/h1-2,6,9-12,14-15,23H,3-5,7-8H2. The monoisotopic (exact) mass is 324 g/mol. The van der Waals surface area contributed by atoms with Crippen LogP contribution < -0.4 is 5.56 Å². The zero-order valence-electron chi connectivity index (χ0n) is 13.4. The molecular weight excluding hydrogens is 304 g/mol. The summed E-state index contributed by atoms with van der Waals surface area (Å²) in [6.07, 6.45) is 11.7. The highest BCUT2D eigenvalue weighted by molar-refractivity contribution is 5.80. The number of rotatable bonds is 2. The molecule has 4 rings (SSSR count). The molecule has 3 heterocycles. The zero-order chi connectivity index (χ0) is 16.5. The first-order chi connectivity index (χ1) is 11.7. The van der Waals surface area contributed by atoms with E-state index in [4.69, 9.17) is 0 Å². The second-order valence-corrected chi connectivity index (χ2v) is 6.44. The van der Waals surface area contributed by atoms with Crippen molar-refractivity contribution >= 4 is 10.8 Å². The highest BCUT2D eigenvalue weighted by atomic mass is 16.3. The fourth-order valence-electron chi connectivity index (χ4n) is 3.47. The van der Waals surface area contributed by atoms with Crippen molar-refractivity contribution in [2.24, 2.45) is 0 Å². The molecule has 0 bridgehead atoms. The summed E-state index contributed by atoms with van der Waals surface area (Å²) in [6.45, 7) is 0. The molecule has 0 radical (unpaired) electrons. The lowest BCUT2D eigenvalue weighted by Gasteiger charge is -2.15. The van der Waals surface area contributed by atoms with Gasteiger partial charge >= 0.3 is 0 Å². The molecular formula is C18H20N4O2. The van der Waals surface area contributed by atoms with E-state index in [1.54, 1.807) is 18.5 Å². The molecule has 3 aromatic rings. The minimum Gasteiger partial charge on any atom is -0.393 e. The van der Waals surface area contributed by atoms with Crippen LogP contribution in [0.15, 0.2) is 47.8 Å². The third-order valence-corrected chi connectivity index (χ3v) is 4.81. The van der Waals surface area contributed by atoms with E-state index in [-0.39, 0.29) is 11.7 Å². The summed E-state index contributed by atoms with van der Waals surface area (Å²) in [7, 11) is 0. The van der Waals surface area contributed by atoms with E-state index in [9.17, 15) is 9.90 Å². The molecule has 2 unspecified atom stereocenters. The first kappa shape index (κ1) is 15.1. The predicted octanol–water partition coefficient (Wildman–Crippen LogP) is 2.45. The van der Waals surface area contributed by atoms with Crippen molar-refractivity contribution in [3.8, 4) is 5.82 Å². The van der Waals surface area contributed by atoms with Gasteiger partial charge in [-0.1, -0.05) is 6.07 Å². The van der Waals surface area contributed by atoms with Gasteiger partial charge in [-0.3, -0.25) is 4.79 Å². The number of aromatic nitrogens is 4. The number of nitrogens with zero attached hydrogens (tertiary/aromatic N) is 4. The molecule has 0 aromatic carbocycles. The Morgan fingerprint density at radius 1 is 1.12 bits per heavy atom. The highest BCUT2D eigenvalue weighted by Gasteiger charge is 2.19. The normalized spacial score (nSPS) is 21.7. The van der Waals surface area contributed by atoms with E-state index in [1.165, 1.54) is 4.68 Å². The smallest absolute Gasteiger partial charge is 0.282 e. The fourth-order valence-corrected chi connectivity index (χ4v) is 3.47. The summed E-state index contributed by atoms with van der Waals surface area (Å²) in [5, 5.41) is 15.6. The minimum atomic E-state index is -0.192. The van der Waals surface area contributed by atoms with Gasteiger partial charge < -0.3 is 9.67 Å². The van der Waals surface area contributed by atoms with E-state index in [0.29, 0.717) is 17.2 Å². The average Bonchev–Trinajstić information content (AvgIpc) is 2.92. The fraction of sp³-hybridized carbons (Fsp3) is 0.389.